The number of halogens is 1. The predicted octanol–water partition coefficient (Wildman–Crippen LogP) is 6.24. The highest BCUT2D eigenvalue weighted by Crippen LogP contribution is 2.37. The molecule has 0 saturated heterocycles. The summed E-state index contributed by atoms with van der Waals surface area (Å²) in [6, 6.07) is 17.2. The summed E-state index contributed by atoms with van der Waals surface area (Å²) in [5.41, 5.74) is 4.92. The van der Waals surface area contributed by atoms with Crippen molar-refractivity contribution in [3.63, 3.8) is 0 Å². The van der Waals surface area contributed by atoms with E-state index in [0.717, 1.165) is 46.6 Å². The molecule has 0 saturated carbocycles. The van der Waals surface area contributed by atoms with Gasteiger partial charge in [0.05, 0.1) is 11.2 Å². The molecular formula is C25H25ClN4O. The maximum atomic E-state index is 11.1. The second-order valence-corrected chi connectivity index (χ2v) is 7.79. The molecule has 0 aliphatic rings. The van der Waals surface area contributed by atoms with Crippen molar-refractivity contribution in [1.29, 1.82) is 0 Å². The highest BCUT2D eigenvalue weighted by Gasteiger charge is 2.15. The van der Waals surface area contributed by atoms with Gasteiger partial charge in [0.15, 0.2) is 0 Å². The van der Waals surface area contributed by atoms with Gasteiger partial charge < -0.3 is 10.4 Å². The van der Waals surface area contributed by atoms with Crippen molar-refractivity contribution >= 4 is 33.9 Å². The molecule has 31 heavy (non-hydrogen) atoms. The van der Waals surface area contributed by atoms with Crippen LogP contribution in [0, 0.1) is 0 Å². The van der Waals surface area contributed by atoms with Crippen LogP contribution in [0.15, 0.2) is 67.0 Å². The summed E-state index contributed by atoms with van der Waals surface area (Å²) >= 11 is 6.13. The Morgan fingerprint density at radius 3 is 2.55 bits per heavy atom. The molecule has 0 unspecified atom stereocenters. The summed E-state index contributed by atoms with van der Waals surface area (Å²) in [7, 11) is 0. The number of phenolic OH excluding ortho intramolecular Hbond substituents is 1. The van der Waals surface area contributed by atoms with Gasteiger partial charge in [-0.3, -0.25) is 14.9 Å². The molecule has 5 nitrogen and oxygen atoms in total. The third kappa shape index (κ3) is 4.63. The van der Waals surface area contributed by atoms with Gasteiger partial charge in [0.1, 0.15) is 5.75 Å². The summed E-state index contributed by atoms with van der Waals surface area (Å²) < 4.78 is 0. The van der Waals surface area contributed by atoms with E-state index in [9.17, 15) is 5.11 Å². The number of benzene rings is 2. The molecule has 0 atom stereocenters. The molecule has 0 radical (unpaired) electrons. The van der Waals surface area contributed by atoms with Gasteiger partial charge in [-0.1, -0.05) is 31.5 Å². The standard InChI is InChI=1S/C25H25ClN4O/c1-3-30(4-2)16-17-13-19(15-21(25(17)31)22-7-5-6-11-27-22)29-23-10-12-28-24-14-18(26)8-9-20(23)24/h5-15,31H,3-4,16H2,1-2H3,(H,28,29). The van der Waals surface area contributed by atoms with E-state index in [4.69, 9.17) is 11.6 Å². The monoisotopic (exact) mass is 432 g/mol. The van der Waals surface area contributed by atoms with Crippen molar-refractivity contribution in [1.82, 2.24) is 14.9 Å². The molecule has 0 aliphatic heterocycles. The first-order valence-corrected chi connectivity index (χ1v) is 10.8. The van der Waals surface area contributed by atoms with Gasteiger partial charge in [0.2, 0.25) is 0 Å². The number of aromatic hydroxyl groups is 1. The quantitative estimate of drug-likeness (QED) is 0.338. The number of phenols is 1. The van der Waals surface area contributed by atoms with Crippen LogP contribution in [0.3, 0.4) is 0 Å². The topological polar surface area (TPSA) is 61.3 Å². The number of anilines is 2. The van der Waals surface area contributed by atoms with Crippen LogP contribution in [-0.2, 0) is 6.54 Å². The summed E-state index contributed by atoms with van der Waals surface area (Å²) in [4.78, 5) is 11.1. The Balaban J connectivity index is 1.80. The lowest BCUT2D eigenvalue weighted by atomic mass is 10.0. The zero-order valence-electron chi connectivity index (χ0n) is 17.6. The second kappa shape index (κ2) is 9.33. The molecule has 0 amide bonds. The molecule has 0 fully saturated rings. The lowest BCUT2D eigenvalue weighted by molar-refractivity contribution is 0.291. The van der Waals surface area contributed by atoms with Gasteiger partial charge in [-0.2, -0.15) is 0 Å². The molecule has 0 bridgehead atoms. The van der Waals surface area contributed by atoms with Crippen LogP contribution in [-0.4, -0.2) is 33.1 Å². The van der Waals surface area contributed by atoms with E-state index in [1.165, 1.54) is 0 Å². The molecule has 4 aromatic rings. The Kier molecular flexibility index (Phi) is 6.35. The molecule has 2 heterocycles. The van der Waals surface area contributed by atoms with Crippen molar-refractivity contribution in [2.75, 3.05) is 18.4 Å². The van der Waals surface area contributed by atoms with Crippen LogP contribution < -0.4 is 5.32 Å². The minimum Gasteiger partial charge on any atom is -0.507 e. The van der Waals surface area contributed by atoms with Gasteiger partial charge >= 0.3 is 0 Å². The van der Waals surface area contributed by atoms with Crippen LogP contribution >= 0.6 is 11.6 Å². The van der Waals surface area contributed by atoms with Crippen LogP contribution in [0.4, 0.5) is 11.4 Å². The fraction of sp³-hybridized carbons (Fsp3) is 0.200. The molecule has 2 aromatic carbocycles. The normalized spacial score (nSPS) is 11.2. The third-order valence-electron chi connectivity index (χ3n) is 5.40. The van der Waals surface area contributed by atoms with E-state index in [1.54, 1.807) is 12.4 Å². The van der Waals surface area contributed by atoms with Gasteiger partial charge in [-0.25, -0.2) is 0 Å². The highest BCUT2D eigenvalue weighted by molar-refractivity contribution is 6.31. The Labute approximate surface area is 187 Å². The number of nitrogens with one attached hydrogen (secondary N) is 1. The van der Waals surface area contributed by atoms with Gasteiger partial charge in [0, 0.05) is 51.8 Å². The number of nitrogens with zero attached hydrogens (tertiary/aromatic N) is 3. The van der Waals surface area contributed by atoms with Crippen molar-refractivity contribution in [3.05, 3.63) is 77.6 Å². The Bertz CT molecular complexity index is 1190. The van der Waals surface area contributed by atoms with Crippen LogP contribution in [0.25, 0.3) is 22.2 Å². The number of hydrogen-bond acceptors (Lipinski definition) is 5. The fourth-order valence-corrected chi connectivity index (χ4v) is 3.84. The summed E-state index contributed by atoms with van der Waals surface area (Å²) in [5, 5.41) is 16.2. The van der Waals surface area contributed by atoms with E-state index in [2.05, 4.69) is 34.0 Å². The largest absolute Gasteiger partial charge is 0.507 e. The first-order valence-electron chi connectivity index (χ1n) is 10.4. The first kappa shape index (κ1) is 21.1. The molecule has 0 spiro atoms. The van der Waals surface area contributed by atoms with Gasteiger partial charge in [0.25, 0.3) is 0 Å². The van der Waals surface area contributed by atoms with Crippen LogP contribution in [0.2, 0.25) is 5.02 Å². The number of fused-ring (bicyclic) bond motifs is 1. The molecule has 2 N–H and O–H groups in total. The average Bonchev–Trinajstić information content (AvgIpc) is 2.79. The van der Waals surface area contributed by atoms with Crippen LogP contribution in [0.5, 0.6) is 5.75 Å². The van der Waals surface area contributed by atoms with Crippen molar-refractivity contribution in [2.45, 2.75) is 20.4 Å². The molecule has 4 rings (SSSR count). The minimum atomic E-state index is 0.266. The zero-order valence-corrected chi connectivity index (χ0v) is 18.4. The highest BCUT2D eigenvalue weighted by atomic mass is 35.5. The summed E-state index contributed by atoms with van der Waals surface area (Å²) in [6.07, 6.45) is 3.50. The van der Waals surface area contributed by atoms with E-state index in [1.807, 2.05) is 54.6 Å². The molecule has 2 aromatic heterocycles. The van der Waals surface area contributed by atoms with E-state index < -0.39 is 0 Å². The molecule has 6 heteroatoms. The number of rotatable bonds is 7. The summed E-state index contributed by atoms with van der Waals surface area (Å²) in [5.74, 6) is 0.266. The zero-order chi connectivity index (χ0) is 21.8. The summed E-state index contributed by atoms with van der Waals surface area (Å²) in [6.45, 7) is 6.71. The van der Waals surface area contributed by atoms with Crippen LogP contribution in [0.1, 0.15) is 19.4 Å². The van der Waals surface area contributed by atoms with Gasteiger partial charge in [-0.15, -0.1) is 0 Å². The maximum Gasteiger partial charge on any atom is 0.129 e. The average molecular weight is 433 g/mol. The molecule has 0 aliphatic carbocycles. The maximum absolute atomic E-state index is 11.1. The number of hydrogen-bond donors (Lipinski definition) is 2. The van der Waals surface area contributed by atoms with Crippen molar-refractivity contribution in [2.24, 2.45) is 0 Å². The van der Waals surface area contributed by atoms with E-state index >= 15 is 0 Å². The smallest absolute Gasteiger partial charge is 0.129 e. The van der Waals surface area contributed by atoms with Crippen molar-refractivity contribution < 1.29 is 5.11 Å². The Morgan fingerprint density at radius 2 is 1.81 bits per heavy atom. The Morgan fingerprint density at radius 1 is 0.968 bits per heavy atom. The molecule has 158 valence electrons. The SMILES string of the molecule is CCN(CC)Cc1cc(Nc2ccnc3cc(Cl)ccc23)cc(-c2ccccn2)c1O. The third-order valence-corrected chi connectivity index (χ3v) is 5.64. The fourth-order valence-electron chi connectivity index (χ4n) is 3.68. The van der Waals surface area contributed by atoms with Crippen molar-refractivity contribution in [3.8, 4) is 17.0 Å². The number of pyridine rings is 2. The predicted molar refractivity (Wildman–Crippen MR) is 128 cm³/mol. The lowest BCUT2D eigenvalue weighted by Crippen LogP contribution is -2.22. The van der Waals surface area contributed by atoms with Gasteiger partial charge in [-0.05, 0) is 61.6 Å². The van der Waals surface area contributed by atoms with E-state index in [0.29, 0.717) is 17.1 Å². The number of aromatic nitrogens is 2. The Hall–Kier alpha value is -3.15. The molecular weight excluding hydrogens is 408 g/mol. The van der Waals surface area contributed by atoms with E-state index in [-0.39, 0.29) is 5.75 Å². The minimum absolute atomic E-state index is 0.266. The second-order valence-electron chi connectivity index (χ2n) is 7.35. The first-order chi connectivity index (χ1) is 15.1. The lowest BCUT2D eigenvalue weighted by Gasteiger charge is -2.21.